The Labute approximate surface area is 159 Å². The van der Waals surface area contributed by atoms with Crippen LogP contribution < -0.4 is 15.8 Å². The molecule has 0 saturated carbocycles. The van der Waals surface area contributed by atoms with E-state index in [-0.39, 0.29) is 18.4 Å². The van der Waals surface area contributed by atoms with Crippen LogP contribution in [-0.4, -0.2) is 5.91 Å². The van der Waals surface area contributed by atoms with Gasteiger partial charge < -0.3 is 5.73 Å². The quantitative estimate of drug-likeness (QED) is 0.737. The van der Waals surface area contributed by atoms with Crippen LogP contribution in [0.3, 0.4) is 0 Å². The number of hydrogen-bond acceptors (Lipinski definition) is 3. The van der Waals surface area contributed by atoms with Crippen LogP contribution in [0.25, 0.3) is 0 Å². The lowest BCUT2D eigenvalue weighted by atomic mass is 9.97. The molecular weight excluding hydrogens is 334 g/mol. The van der Waals surface area contributed by atoms with Crippen molar-refractivity contribution >= 4 is 17.3 Å². The first-order valence-corrected chi connectivity index (χ1v) is 8.96. The third-order valence-corrected chi connectivity index (χ3v) is 4.65. The number of para-hydroxylation sites is 2. The van der Waals surface area contributed by atoms with Crippen molar-refractivity contribution in [1.29, 1.82) is 0 Å². The molecule has 4 nitrogen and oxygen atoms in total. The zero-order chi connectivity index (χ0) is 18.6. The van der Waals surface area contributed by atoms with Gasteiger partial charge in [-0.3, -0.25) is 14.8 Å². The van der Waals surface area contributed by atoms with Crippen LogP contribution in [0.4, 0.5) is 11.4 Å². The molecule has 3 aromatic rings. The van der Waals surface area contributed by atoms with Gasteiger partial charge in [0.05, 0.1) is 23.8 Å². The van der Waals surface area contributed by atoms with Crippen molar-refractivity contribution < 1.29 is 4.79 Å². The van der Waals surface area contributed by atoms with E-state index in [1.54, 1.807) is 0 Å². The molecule has 0 aliphatic carbocycles. The van der Waals surface area contributed by atoms with E-state index in [2.05, 4.69) is 46.4 Å². The summed E-state index contributed by atoms with van der Waals surface area (Å²) in [6.07, 6.45) is 2.25. The van der Waals surface area contributed by atoms with Gasteiger partial charge in [0.25, 0.3) is 0 Å². The van der Waals surface area contributed by atoms with Gasteiger partial charge in [-0.1, -0.05) is 66.7 Å². The molecule has 0 spiro atoms. The van der Waals surface area contributed by atoms with Crippen LogP contribution in [-0.2, 0) is 4.79 Å². The number of carbonyl (C=O) groups excluding carboxylic acids is 1. The van der Waals surface area contributed by atoms with Gasteiger partial charge in [-0.05, 0) is 35.4 Å². The highest BCUT2D eigenvalue weighted by Gasteiger charge is 2.35. The number of amides is 1. The van der Waals surface area contributed by atoms with E-state index >= 15 is 0 Å². The molecule has 1 heterocycles. The minimum atomic E-state index is -0.329. The van der Waals surface area contributed by atoms with Crippen LogP contribution in [0.1, 0.15) is 18.0 Å². The highest BCUT2D eigenvalue weighted by Crippen LogP contribution is 2.42. The van der Waals surface area contributed by atoms with Crippen LogP contribution in [0, 0.1) is 0 Å². The number of rotatable bonds is 5. The number of nitrogens with zero attached hydrogens (tertiary/aromatic N) is 2. The Morgan fingerprint density at radius 2 is 1.30 bits per heavy atom. The van der Waals surface area contributed by atoms with E-state index < -0.39 is 0 Å². The molecule has 3 aromatic carbocycles. The molecule has 27 heavy (non-hydrogen) atoms. The summed E-state index contributed by atoms with van der Waals surface area (Å²) in [5, 5.41) is 4.31. The van der Waals surface area contributed by atoms with Crippen molar-refractivity contribution in [2.24, 2.45) is 5.73 Å². The Bertz CT molecular complexity index is 939. The fourth-order valence-electron chi connectivity index (χ4n) is 3.54. The number of carbonyl (C=O) groups is 1. The molecule has 1 aliphatic heterocycles. The number of anilines is 2. The van der Waals surface area contributed by atoms with E-state index in [4.69, 9.17) is 5.73 Å². The minimum Gasteiger partial charge on any atom is -0.369 e. The minimum absolute atomic E-state index is 0.0960. The normalized spacial score (nSPS) is 16.3. The molecule has 0 radical (unpaired) electrons. The van der Waals surface area contributed by atoms with Crippen molar-refractivity contribution in [3.63, 3.8) is 0 Å². The molecule has 1 aliphatic rings. The van der Waals surface area contributed by atoms with Gasteiger partial charge in [0.15, 0.2) is 0 Å². The molecule has 134 valence electrons. The first-order valence-electron chi connectivity index (χ1n) is 8.96. The van der Waals surface area contributed by atoms with Gasteiger partial charge in [-0.15, -0.1) is 0 Å². The van der Waals surface area contributed by atoms with Crippen molar-refractivity contribution in [3.8, 4) is 0 Å². The first kappa shape index (κ1) is 16.9. The molecule has 1 amide bonds. The van der Waals surface area contributed by atoms with Gasteiger partial charge in [0, 0.05) is 6.20 Å². The van der Waals surface area contributed by atoms with E-state index in [0.717, 1.165) is 22.5 Å². The third-order valence-electron chi connectivity index (χ3n) is 4.65. The SMILES string of the molecule is NC(=O)CC1=CN(c2ccccc2)N(c2ccccc2)C1c1ccccc1. The zero-order valence-electron chi connectivity index (χ0n) is 14.9. The van der Waals surface area contributed by atoms with Gasteiger partial charge in [-0.25, -0.2) is 0 Å². The largest absolute Gasteiger partial charge is 0.369 e. The molecule has 1 unspecified atom stereocenters. The van der Waals surface area contributed by atoms with E-state index in [1.165, 1.54) is 0 Å². The topological polar surface area (TPSA) is 49.6 Å². The first-order chi connectivity index (χ1) is 13.2. The highest BCUT2D eigenvalue weighted by molar-refractivity contribution is 5.79. The monoisotopic (exact) mass is 355 g/mol. The maximum Gasteiger partial charge on any atom is 0.221 e. The summed E-state index contributed by atoms with van der Waals surface area (Å²) in [5.41, 5.74) is 9.73. The number of nitrogens with two attached hydrogens (primary N) is 1. The molecule has 0 saturated heterocycles. The lowest BCUT2D eigenvalue weighted by Gasteiger charge is -2.36. The molecule has 2 N–H and O–H groups in total. The Balaban J connectivity index is 1.87. The smallest absolute Gasteiger partial charge is 0.221 e. The van der Waals surface area contributed by atoms with Crippen molar-refractivity contribution in [3.05, 3.63) is 108 Å². The molecule has 1 atom stereocenters. The summed E-state index contributed by atoms with van der Waals surface area (Å²) >= 11 is 0. The zero-order valence-corrected chi connectivity index (χ0v) is 14.9. The molecular formula is C23H21N3O. The van der Waals surface area contributed by atoms with Crippen LogP contribution in [0.2, 0.25) is 0 Å². The lowest BCUT2D eigenvalue weighted by molar-refractivity contribution is -0.117. The molecule has 0 aromatic heterocycles. The molecule has 0 bridgehead atoms. The predicted molar refractivity (Wildman–Crippen MR) is 109 cm³/mol. The molecule has 0 fully saturated rings. The van der Waals surface area contributed by atoms with Crippen LogP contribution in [0.15, 0.2) is 103 Å². The van der Waals surface area contributed by atoms with Crippen molar-refractivity contribution in [2.75, 3.05) is 10.0 Å². The number of hydrazine groups is 1. The van der Waals surface area contributed by atoms with Crippen LogP contribution >= 0.6 is 0 Å². The van der Waals surface area contributed by atoms with Crippen LogP contribution in [0.5, 0.6) is 0 Å². The maximum absolute atomic E-state index is 11.8. The van der Waals surface area contributed by atoms with Gasteiger partial charge in [0.1, 0.15) is 0 Å². The predicted octanol–water partition coefficient (Wildman–Crippen LogP) is 4.43. The van der Waals surface area contributed by atoms with Crippen molar-refractivity contribution in [2.45, 2.75) is 12.5 Å². The van der Waals surface area contributed by atoms with E-state index in [0.29, 0.717) is 0 Å². The average Bonchev–Trinajstić information content (AvgIpc) is 3.08. The summed E-state index contributed by atoms with van der Waals surface area (Å²) in [4.78, 5) is 11.8. The van der Waals surface area contributed by atoms with Gasteiger partial charge in [0.2, 0.25) is 5.91 Å². The summed E-state index contributed by atoms with van der Waals surface area (Å²) in [5.74, 6) is -0.329. The number of benzene rings is 3. The Hall–Kier alpha value is -3.53. The average molecular weight is 355 g/mol. The number of primary amides is 1. The Morgan fingerprint density at radius 1 is 0.778 bits per heavy atom. The van der Waals surface area contributed by atoms with Crippen molar-refractivity contribution in [1.82, 2.24) is 0 Å². The molecule has 4 rings (SSSR count). The second-order valence-electron chi connectivity index (χ2n) is 6.52. The summed E-state index contributed by atoms with van der Waals surface area (Å²) in [7, 11) is 0. The summed E-state index contributed by atoms with van der Waals surface area (Å²) in [6, 6.07) is 30.4. The Kier molecular flexibility index (Phi) is 4.62. The summed E-state index contributed by atoms with van der Waals surface area (Å²) < 4.78 is 0. The standard InChI is InChI=1S/C23H21N3O/c24-22(27)16-19-17-25(20-12-6-2-7-13-20)26(21-14-8-3-9-15-21)23(19)18-10-4-1-5-11-18/h1-15,17,23H,16H2,(H2,24,27). The van der Waals surface area contributed by atoms with Gasteiger partial charge in [-0.2, -0.15) is 0 Å². The fraction of sp³-hybridized carbons (Fsp3) is 0.0870. The summed E-state index contributed by atoms with van der Waals surface area (Å²) in [6.45, 7) is 0. The highest BCUT2D eigenvalue weighted by atomic mass is 16.1. The second kappa shape index (κ2) is 7.38. The maximum atomic E-state index is 11.8. The molecule has 4 heteroatoms. The van der Waals surface area contributed by atoms with E-state index in [9.17, 15) is 4.79 Å². The fourth-order valence-corrected chi connectivity index (χ4v) is 3.54. The third kappa shape index (κ3) is 3.42. The Morgan fingerprint density at radius 3 is 1.85 bits per heavy atom. The lowest BCUT2D eigenvalue weighted by Crippen LogP contribution is -2.37. The second-order valence-corrected chi connectivity index (χ2v) is 6.52. The van der Waals surface area contributed by atoms with E-state index in [1.807, 2.05) is 60.8 Å². The number of hydrogen-bond donors (Lipinski definition) is 1. The van der Waals surface area contributed by atoms with Gasteiger partial charge >= 0.3 is 0 Å².